The van der Waals surface area contributed by atoms with E-state index < -0.39 is 10.8 Å². The third-order valence-corrected chi connectivity index (χ3v) is 4.05. The molecule has 1 heterocycles. The molecule has 1 aliphatic heterocycles. The van der Waals surface area contributed by atoms with Crippen LogP contribution in [0.3, 0.4) is 0 Å². The van der Waals surface area contributed by atoms with E-state index in [1.54, 1.807) is 6.26 Å². The minimum absolute atomic E-state index is 0.0359. The molecule has 1 aromatic rings. The topological polar surface area (TPSA) is 55.4 Å². The van der Waals surface area contributed by atoms with Gasteiger partial charge in [0.2, 0.25) is 5.91 Å². The van der Waals surface area contributed by atoms with E-state index in [2.05, 4.69) is 5.32 Å². The van der Waals surface area contributed by atoms with Gasteiger partial charge in [0, 0.05) is 29.3 Å². The van der Waals surface area contributed by atoms with Crippen molar-refractivity contribution in [1.82, 2.24) is 0 Å². The molecule has 2 rings (SSSR count). The van der Waals surface area contributed by atoms with Crippen LogP contribution >= 0.6 is 0 Å². The third kappa shape index (κ3) is 4.72. The van der Waals surface area contributed by atoms with Crippen LogP contribution in [0, 0.1) is 0 Å². The van der Waals surface area contributed by atoms with E-state index in [0.717, 1.165) is 37.1 Å². The number of amides is 1. The molecule has 4 nitrogen and oxygen atoms in total. The van der Waals surface area contributed by atoms with Crippen molar-refractivity contribution in [3.05, 3.63) is 29.8 Å². The fourth-order valence-electron chi connectivity index (χ4n) is 2.36. The molecule has 0 aromatic heterocycles. The number of carbonyl (C=O) groups excluding carboxylic acids is 1. The number of carbonyl (C=O) groups is 1. The van der Waals surface area contributed by atoms with Crippen molar-refractivity contribution in [2.24, 2.45) is 0 Å². The summed E-state index contributed by atoms with van der Waals surface area (Å²) in [5.41, 5.74) is 1.66. The van der Waals surface area contributed by atoms with Gasteiger partial charge in [0.1, 0.15) is 0 Å². The van der Waals surface area contributed by atoms with Gasteiger partial charge >= 0.3 is 0 Å². The van der Waals surface area contributed by atoms with E-state index in [1.807, 2.05) is 24.3 Å². The first-order valence-electron chi connectivity index (χ1n) is 6.94. The molecular weight excluding hydrogens is 274 g/mol. The van der Waals surface area contributed by atoms with Crippen LogP contribution in [0.1, 0.15) is 31.2 Å². The number of para-hydroxylation sites is 1. The molecule has 0 spiro atoms. The van der Waals surface area contributed by atoms with Crippen molar-refractivity contribution >= 4 is 22.4 Å². The number of benzene rings is 1. The molecule has 5 heteroatoms. The summed E-state index contributed by atoms with van der Waals surface area (Å²) in [5, 5.41) is 2.91. The van der Waals surface area contributed by atoms with Crippen LogP contribution in [0.5, 0.6) is 0 Å². The molecule has 1 amide bonds. The molecule has 1 saturated heterocycles. The van der Waals surface area contributed by atoms with Crippen molar-refractivity contribution in [2.75, 3.05) is 18.2 Å². The first kappa shape index (κ1) is 15.2. The van der Waals surface area contributed by atoms with E-state index >= 15 is 0 Å². The van der Waals surface area contributed by atoms with Gasteiger partial charge in [-0.05, 0) is 30.9 Å². The minimum Gasteiger partial charge on any atom is -0.378 e. The van der Waals surface area contributed by atoms with Crippen molar-refractivity contribution in [2.45, 2.75) is 37.5 Å². The maximum atomic E-state index is 12.1. The smallest absolute Gasteiger partial charge is 0.226 e. The molecule has 1 N–H and O–H groups in total. The van der Waals surface area contributed by atoms with Gasteiger partial charge in [-0.1, -0.05) is 18.2 Å². The summed E-state index contributed by atoms with van der Waals surface area (Å²) in [4.78, 5) is 12.1. The lowest BCUT2D eigenvalue weighted by Crippen LogP contribution is -2.25. The molecule has 0 bridgehead atoms. The van der Waals surface area contributed by atoms with Gasteiger partial charge in [-0.2, -0.15) is 0 Å². The third-order valence-electron chi connectivity index (χ3n) is 3.34. The first-order valence-corrected chi connectivity index (χ1v) is 8.67. The summed E-state index contributed by atoms with van der Waals surface area (Å²) < 4.78 is 16.9. The summed E-state index contributed by atoms with van der Waals surface area (Å²) >= 11 is 0. The second-order valence-electron chi connectivity index (χ2n) is 5.12. The quantitative estimate of drug-likeness (QED) is 0.908. The highest BCUT2D eigenvalue weighted by Gasteiger charge is 2.18. The molecular formula is C15H21NO3S. The average molecular weight is 295 g/mol. The Hall–Kier alpha value is -1.20. The van der Waals surface area contributed by atoms with Crippen molar-refractivity contribution in [3.8, 4) is 0 Å². The summed E-state index contributed by atoms with van der Waals surface area (Å²) in [5.74, 6) is 0.419. The lowest BCUT2D eigenvalue weighted by Gasteiger charge is -2.22. The molecule has 0 radical (unpaired) electrons. The van der Waals surface area contributed by atoms with Crippen molar-refractivity contribution in [1.29, 1.82) is 0 Å². The van der Waals surface area contributed by atoms with Gasteiger partial charge in [0.05, 0.1) is 18.3 Å². The number of rotatable bonds is 5. The van der Waals surface area contributed by atoms with E-state index in [9.17, 15) is 9.00 Å². The molecule has 0 aliphatic carbocycles. The van der Waals surface area contributed by atoms with Gasteiger partial charge in [0.15, 0.2) is 0 Å². The first-order chi connectivity index (χ1) is 9.65. The van der Waals surface area contributed by atoms with Crippen LogP contribution in [0.4, 0.5) is 5.69 Å². The van der Waals surface area contributed by atoms with Gasteiger partial charge in [-0.3, -0.25) is 9.00 Å². The highest BCUT2D eigenvalue weighted by molar-refractivity contribution is 7.83. The minimum atomic E-state index is -0.924. The molecule has 1 aliphatic rings. The Balaban J connectivity index is 1.94. The summed E-state index contributed by atoms with van der Waals surface area (Å²) in [6.45, 7) is 0.753. The SMILES string of the molecule is C[S@@](=O)Cc1ccccc1NC(=O)C[C@H]1CCCCO1. The normalized spacial score (nSPS) is 20.4. The standard InChI is InChI=1S/C15H21NO3S/c1-20(18)11-12-6-2-3-8-14(12)16-15(17)10-13-7-4-5-9-19-13/h2-3,6,8,13H,4-5,7,9-11H2,1H3,(H,16,17)/t13-,20-/m1/s1. The predicted molar refractivity (Wildman–Crippen MR) is 81.1 cm³/mol. The van der Waals surface area contributed by atoms with Gasteiger partial charge in [0.25, 0.3) is 0 Å². The second kappa shape index (κ2) is 7.55. The fourth-order valence-corrected chi connectivity index (χ4v) is 3.05. The molecule has 1 aromatic carbocycles. The van der Waals surface area contributed by atoms with Gasteiger partial charge < -0.3 is 10.1 Å². The Labute approximate surface area is 122 Å². The largest absolute Gasteiger partial charge is 0.378 e. The molecule has 110 valence electrons. The zero-order valence-corrected chi connectivity index (χ0v) is 12.6. The molecule has 0 saturated carbocycles. The van der Waals surface area contributed by atoms with Gasteiger partial charge in [-0.25, -0.2) is 0 Å². The lowest BCUT2D eigenvalue weighted by molar-refractivity contribution is -0.119. The van der Waals surface area contributed by atoms with E-state index in [1.165, 1.54) is 0 Å². The highest BCUT2D eigenvalue weighted by atomic mass is 32.2. The van der Waals surface area contributed by atoms with Crippen LogP contribution in [0.15, 0.2) is 24.3 Å². The zero-order valence-electron chi connectivity index (χ0n) is 11.8. The van der Waals surface area contributed by atoms with Crippen LogP contribution in [-0.2, 0) is 26.1 Å². The van der Waals surface area contributed by atoms with Crippen molar-refractivity contribution in [3.63, 3.8) is 0 Å². The van der Waals surface area contributed by atoms with E-state index in [0.29, 0.717) is 12.2 Å². The monoisotopic (exact) mass is 295 g/mol. The van der Waals surface area contributed by atoms with Crippen LogP contribution in [-0.4, -0.2) is 29.1 Å². The predicted octanol–water partition coefficient (Wildman–Crippen LogP) is 2.46. The maximum Gasteiger partial charge on any atom is 0.226 e. The van der Waals surface area contributed by atoms with Crippen LogP contribution in [0.25, 0.3) is 0 Å². The van der Waals surface area contributed by atoms with E-state index in [4.69, 9.17) is 4.74 Å². The second-order valence-corrected chi connectivity index (χ2v) is 6.55. The van der Waals surface area contributed by atoms with E-state index in [-0.39, 0.29) is 12.0 Å². The fraction of sp³-hybridized carbons (Fsp3) is 0.533. The number of hydrogen-bond donors (Lipinski definition) is 1. The molecule has 0 unspecified atom stereocenters. The lowest BCUT2D eigenvalue weighted by atomic mass is 10.1. The van der Waals surface area contributed by atoms with Crippen molar-refractivity contribution < 1.29 is 13.7 Å². The summed E-state index contributed by atoms with van der Waals surface area (Å²) in [6, 6.07) is 7.51. The van der Waals surface area contributed by atoms with Crippen LogP contribution in [0.2, 0.25) is 0 Å². The average Bonchev–Trinajstić information content (AvgIpc) is 2.41. The Morgan fingerprint density at radius 3 is 2.90 bits per heavy atom. The number of hydrogen-bond acceptors (Lipinski definition) is 3. The number of anilines is 1. The number of nitrogens with one attached hydrogen (secondary N) is 1. The highest BCUT2D eigenvalue weighted by Crippen LogP contribution is 2.19. The number of ether oxygens (including phenoxy) is 1. The molecule has 2 atom stereocenters. The summed E-state index contributed by atoms with van der Waals surface area (Å²) in [6.07, 6.45) is 5.26. The molecule has 20 heavy (non-hydrogen) atoms. The Bertz CT molecular complexity index is 484. The van der Waals surface area contributed by atoms with Gasteiger partial charge in [-0.15, -0.1) is 0 Å². The van der Waals surface area contributed by atoms with Crippen LogP contribution < -0.4 is 5.32 Å². The summed E-state index contributed by atoms with van der Waals surface area (Å²) in [7, 11) is -0.924. The molecule has 1 fully saturated rings. The Morgan fingerprint density at radius 2 is 2.20 bits per heavy atom. The Morgan fingerprint density at radius 1 is 1.40 bits per heavy atom. The zero-order chi connectivity index (χ0) is 14.4. The Kier molecular flexibility index (Phi) is 5.73. The maximum absolute atomic E-state index is 12.1.